The summed E-state index contributed by atoms with van der Waals surface area (Å²) in [7, 11) is 0. The molecule has 1 aromatic carbocycles. The molecule has 0 bridgehead atoms. The van der Waals surface area contributed by atoms with Crippen molar-refractivity contribution in [3.63, 3.8) is 0 Å². The van der Waals surface area contributed by atoms with Crippen LogP contribution in [0.15, 0.2) is 40.3 Å². The van der Waals surface area contributed by atoms with Crippen molar-refractivity contribution in [2.45, 2.75) is 62.8 Å². The van der Waals surface area contributed by atoms with Crippen LogP contribution in [0.5, 0.6) is 0 Å². The first-order valence-electron chi connectivity index (χ1n) is 10.6. The minimum atomic E-state index is -0.0588. The highest BCUT2D eigenvalue weighted by atomic mass is 32.2. The van der Waals surface area contributed by atoms with Crippen LogP contribution in [0.2, 0.25) is 0 Å². The van der Waals surface area contributed by atoms with Crippen LogP contribution in [0.4, 0.5) is 0 Å². The number of aromatic nitrogens is 4. The highest BCUT2D eigenvalue weighted by molar-refractivity contribution is 7.99. The summed E-state index contributed by atoms with van der Waals surface area (Å²) in [6.07, 6.45) is 8.13. The zero-order valence-electron chi connectivity index (χ0n) is 16.5. The van der Waals surface area contributed by atoms with Crippen molar-refractivity contribution in [3.05, 3.63) is 46.4 Å². The Labute approximate surface area is 174 Å². The predicted molar refractivity (Wildman–Crippen MR) is 114 cm³/mol. The number of para-hydroxylation sites is 1. The third kappa shape index (κ3) is 3.73. The molecule has 7 heteroatoms. The molecule has 0 aromatic heterocycles. The maximum Gasteiger partial charge on any atom is 0.284 e. The van der Waals surface area contributed by atoms with Crippen molar-refractivity contribution < 1.29 is 4.74 Å². The van der Waals surface area contributed by atoms with Crippen LogP contribution in [-0.2, 0) is 17.7 Å². The number of hydrogen-bond donors (Lipinski definition) is 0. The molecule has 0 N–H and O–H groups in total. The van der Waals surface area contributed by atoms with Crippen molar-refractivity contribution in [1.82, 2.24) is 19.3 Å². The van der Waals surface area contributed by atoms with Gasteiger partial charge in [0.1, 0.15) is 5.56 Å². The summed E-state index contributed by atoms with van der Waals surface area (Å²) >= 11 is 1.75. The van der Waals surface area contributed by atoms with E-state index in [2.05, 4.69) is 9.67 Å². The largest absolute Gasteiger partial charge is 0.377 e. The number of thioether (sulfide) groups is 1. The Morgan fingerprint density at radius 1 is 1.10 bits per heavy atom. The van der Waals surface area contributed by atoms with E-state index in [4.69, 9.17) is 9.72 Å². The Morgan fingerprint density at radius 2 is 2.00 bits per heavy atom. The topological polar surface area (TPSA) is 61.9 Å². The zero-order valence-corrected chi connectivity index (χ0v) is 17.4. The van der Waals surface area contributed by atoms with E-state index in [1.807, 2.05) is 30.3 Å². The van der Waals surface area contributed by atoms with E-state index < -0.39 is 0 Å². The van der Waals surface area contributed by atoms with Gasteiger partial charge in [0.15, 0.2) is 11.0 Å². The van der Waals surface area contributed by atoms with Crippen LogP contribution >= 0.6 is 11.8 Å². The van der Waals surface area contributed by atoms with Gasteiger partial charge in [0.25, 0.3) is 5.56 Å². The first-order chi connectivity index (χ1) is 14.3. The minimum absolute atomic E-state index is 0.0588. The first kappa shape index (κ1) is 18.9. The first-order valence-corrected chi connectivity index (χ1v) is 11.6. The SMILES string of the molecule is O=c1c2c3n(c(SCC4CCCCO4)nc-2nn1-c1ccccc1)CCCCC3. The second-order valence-electron chi connectivity index (χ2n) is 7.85. The molecule has 0 aliphatic carbocycles. The average molecular weight is 411 g/mol. The third-order valence-electron chi connectivity index (χ3n) is 5.84. The lowest BCUT2D eigenvalue weighted by Crippen LogP contribution is -2.22. The molecular weight excluding hydrogens is 384 g/mol. The molecule has 6 nitrogen and oxygen atoms in total. The van der Waals surface area contributed by atoms with Gasteiger partial charge < -0.3 is 9.30 Å². The summed E-state index contributed by atoms with van der Waals surface area (Å²) in [4.78, 5) is 18.1. The molecule has 1 atom stereocenters. The van der Waals surface area contributed by atoms with Crippen LogP contribution in [-0.4, -0.2) is 37.8 Å². The van der Waals surface area contributed by atoms with E-state index in [1.165, 1.54) is 23.9 Å². The van der Waals surface area contributed by atoms with Gasteiger partial charge in [0.2, 0.25) is 0 Å². The van der Waals surface area contributed by atoms with Gasteiger partial charge in [0.05, 0.1) is 11.8 Å². The molecule has 4 aliphatic heterocycles. The van der Waals surface area contributed by atoms with Crippen molar-refractivity contribution in [1.29, 1.82) is 0 Å². The van der Waals surface area contributed by atoms with Crippen LogP contribution in [0.3, 0.4) is 0 Å². The van der Waals surface area contributed by atoms with Crippen molar-refractivity contribution in [2.24, 2.45) is 0 Å². The van der Waals surface area contributed by atoms with E-state index >= 15 is 0 Å². The molecule has 0 spiro atoms. The normalized spacial score (nSPS) is 19.8. The number of ether oxygens (including phenoxy) is 1. The maximum absolute atomic E-state index is 13.2. The smallest absolute Gasteiger partial charge is 0.284 e. The summed E-state index contributed by atoms with van der Waals surface area (Å²) in [6, 6.07) is 9.62. The summed E-state index contributed by atoms with van der Waals surface area (Å²) < 4.78 is 9.69. The molecule has 0 amide bonds. The number of nitrogens with zero attached hydrogens (tertiary/aromatic N) is 4. The van der Waals surface area contributed by atoms with Gasteiger partial charge in [0, 0.05) is 24.6 Å². The highest BCUT2D eigenvalue weighted by Crippen LogP contribution is 2.31. The summed E-state index contributed by atoms with van der Waals surface area (Å²) in [5.41, 5.74) is 2.52. The molecule has 4 aliphatic rings. The fraction of sp³-hybridized carbons (Fsp3) is 0.500. The van der Waals surface area contributed by atoms with Crippen LogP contribution in [0, 0.1) is 0 Å². The summed E-state index contributed by atoms with van der Waals surface area (Å²) in [6.45, 7) is 1.78. The van der Waals surface area contributed by atoms with Crippen LogP contribution < -0.4 is 5.56 Å². The number of benzene rings is 1. The third-order valence-corrected chi connectivity index (χ3v) is 6.95. The van der Waals surface area contributed by atoms with Gasteiger partial charge in [-0.2, -0.15) is 4.68 Å². The second kappa shape index (κ2) is 8.32. The average Bonchev–Trinajstić information content (AvgIpc) is 2.93. The summed E-state index contributed by atoms with van der Waals surface area (Å²) in [5.74, 6) is 1.47. The monoisotopic (exact) mass is 410 g/mol. The highest BCUT2D eigenvalue weighted by Gasteiger charge is 2.27. The zero-order chi connectivity index (χ0) is 19.6. The molecule has 4 heterocycles. The van der Waals surface area contributed by atoms with E-state index in [1.54, 1.807) is 11.8 Å². The van der Waals surface area contributed by atoms with Gasteiger partial charge in [-0.25, -0.2) is 4.98 Å². The van der Waals surface area contributed by atoms with Gasteiger partial charge in [-0.15, -0.1) is 5.10 Å². The van der Waals surface area contributed by atoms with E-state index in [0.29, 0.717) is 17.5 Å². The minimum Gasteiger partial charge on any atom is -0.377 e. The van der Waals surface area contributed by atoms with Crippen molar-refractivity contribution in [3.8, 4) is 17.1 Å². The summed E-state index contributed by atoms with van der Waals surface area (Å²) in [5, 5.41) is 5.59. The molecule has 1 aromatic rings. The van der Waals surface area contributed by atoms with E-state index in [9.17, 15) is 4.79 Å². The Kier molecular flexibility index (Phi) is 5.42. The van der Waals surface area contributed by atoms with Gasteiger partial charge in [-0.1, -0.05) is 36.4 Å². The molecule has 5 rings (SSSR count). The predicted octanol–water partition coefficient (Wildman–Crippen LogP) is 3.92. The van der Waals surface area contributed by atoms with Gasteiger partial charge >= 0.3 is 0 Å². The molecule has 1 unspecified atom stereocenters. The Hall–Kier alpha value is -2.12. The lowest BCUT2D eigenvalue weighted by atomic mass is 10.1. The fourth-order valence-corrected chi connectivity index (χ4v) is 5.42. The van der Waals surface area contributed by atoms with Crippen LogP contribution in [0.25, 0.3) is 17.1 Å². The van der Waals surface area contributed by atoms with E-state index in [0.717, 1.165) is 61.1 Å². The molecule has 1 saturated heterocycles. The van der Waals surface area contributed by atoms with E-state index in [-0.39, 0.29) is 5.56 Å². The second-order valence-corrected chi connectivity index (χ2v) is 8.84. The number of rotatable bonds is 4. The Bertz CT molecular complexity index is 1010. The lowest BCUT2D eigenvalue weighted by Gasteiger charge is -2.23. The number of hydrogen-bond acceptors (Lipinski definition) is 5. The fourth-order valence-electron chi connectivity index (χ4n) is 4.31. The van der Waals surface area contributed by atoms with Crippen molar-refractivity contribution in [2.75, 3.05) is 12.4 Å². The lowest BCUT2D eigenvalue weighted by molar-refractivity contribution is 0.0315. The van der Waals surface area contributed by atoms with Crippen molar-refractivity contribution >= 4 is 11.8 Å². The van der Waals surface area contributed by atoms with Crippen LogP contribution in [0.1, 0.15) is 44.2 Å². The molecule has 1 fully saturated rings. The molecular formula is C22H26N4O2S. The number of fused-ring (bicyclic) bond motifs is 3. The van der Waals surface area contributed by atoms with Gasteiger partial charge in [-0.3, -0.25) is 4.79 Å². The standard InChI is InChI=1S/C22H26N4O2S/c27-21-19-18-12-5-2-7-13-25(18)22(29-15-17-11-6-8-14-28-17)23-20(19)24-26(21)16-9-3-1-4-10-16/h1,3-4,9-10,17H,2,5-8,11-15H2. The molecule has 0 radical (unpaired) electrons. The quantitative estimate of drug-likeness (QED) is 0.482. The Morgan fingerprint density at radius 3 is 2.83 bits per heavy atom. The van der Waals surface area contributed by atoms with Gasteiger partial charge in [-0.05, 0) is 50.7 Å². The Balaban J connectivity index is 1.57. The molecule has 29 heavy (non-hydrogen) atoms. The molecule has 0 saturated carbocycles. The molecule has 152 valence electrons. The maximum atomic E-state index is 13.2.